The fourth-order valence-corrected chi connectivity index (χ4v) is 1.96. The molecule has 7 nitrogen and oxygen atoms in total. The summed E-state index contributed by atoms with van der Waals surface area (Å²) < 4.78 is 16.3. The van der Waals surface area contributed by atoms with E-state index >= 15 is 0 Å². The minimum Gasteiger partial charge on any atom is -0.486 e. The molecule has 0 unspecified atom stereocenters. The van der Waals surface area contributed by atoms with Gasteiger partial charge in [-0.1, -0.05) is 11.2 Å². The summed E-state index contributed by atoms with van der Waals surface area (Å²) in [5, 5.41) is 10.7. The van der Waals surface area contributed by atoms with Crippen LogP contribution in [0.3, 0.4) is 0 Å². The lowest BCUT2D eigenvalue weighted by Gasteiger charge is -2.18. The molecule has 0 spiro atoms. The molecule has 0 saturated carbocycles. The van der Waals surface area contributed by atoms with E-state index in [9.17, 15) is 0 Å². The molecule has 7 heteroatoms. The number of aromatic nitrogens is 2. The van der Waals surface area contributed by atoms with Crippen molar-refractivity contribution in [1.82, 2.24) is 10.2 Å². The van der Waals surface area contributed by atoms with Gasteiger partial charge in [0.25, 0.3) is 0 Å². The minimum absolute atomic E-state index is 0.247. The predicted molar refractivity (Wildman–Crippen MR) is 71.8 cm³/mol. The molecule has 0 atom stereocenters. The minimum atomic E-state index is 0.247. The van der Waals surface area contributed by atoms with Gasteiger partial charge in [0.05, 0.1) is 6.54 Å². The standard InChI is InChI=1S/C13H16N4O3/c14-8-12-16-17-13(20-12)15-4-3-9-1-2-10-11(7-9)19-6-5-18-10/h1-2,7H,3-6,8,14H2,(H,15,17). The molecule has 3 rings (SSSR count). The fourth-order valence-electron chi connectivity index (χ4n) is 1.96. The van der Waals surface area contributed by atoms with E-state index in [2.05, 4.69) is 15.5 Å². The first-order valence-corrected chi connectivity index (χ1v) is 6.50. The Kier molecular flexibility index (Phi) is 3.69. The Morgan fingerprint density at radius 1 is 1.15 bits per heavy atom. The zero-order valence-electron chi connectivity index (χ0n) is 11.0. The van der Waals surface area contributed by atoms with Crippen molar-refractivity contribution in [3.63, 3.8) is 0 Å². The molecule has 106 valence electrons. The average molecular weight is 276 g/mol. The van der Waals surface area contributed by atoms with Crippen molar-refractivity contribution in [1.29, 1.82) is 0 Å². The molecule has 0 bridgehead atoms. The smallest absolute Gasteiger partial charge is 0.315 e. The quantitative estimate of drug-likeness (QED) is 0.839. The van der Waals surface area contributed by atoms with Crippen molar-refractivity contribution in [2.45, 2.75) is 13.0 Å². The second-order valence-corrected chi connectivity index (χ2v) is 4.36. The van der Waals surface area contributed by atoms with Gasteiger partial charge in [0.15, 0.2) is 11.5 Å². The molecular weight excluding hydrogens is 260 g/mol. The molecule has 0 aliphatic carbocycles. The van der Waals surface area contributed by atoms with Crippen LogP contribution in [0, 0.1) is 0 Å². The molecular formula is C13H16N4O3. The predicted octanol–water partition coefficient (Wildman–Crippen LogP) is 0.954. The first-order chi connectivity index (χ1) is 9.85. The number of anilines is 1. The van der Waals surface area contributed by atoms with Gasteiger partial charge >= 0.3 is 6.01 Å². The molecule has 1 aliphatic rings. The SMILES string of the molecule is NCc1nnc(NCCc2ccc3c(c2)OCCO3)o1. The Hall–Kier alpha value is -2.28. The lowest BCUT2D eigenvalue weighted by Crippen LogP contribution is -2.15. The van der Waals surface area contributed by atoms with Crippen LogP contribution < -0.4 is 20.5 Å². The van der Waals surface area contributed by atoms with Crippen molar-refractivity contribution in [2.24, 2.45) is 5.73 Å². The van der Waals surface area contributed by atoms with Crippen LogP contribution in [0.4, 0.5) is 6.01 Å². The highest BCUT2D eigenvalue weighted by atomic mass is 16.6. The fraction of sp³-hybridized carbons (Fsp3) is 0.385. The van der Waals surface area contributed by atoms with E-state index in [4.69, 9.17) is 19.6 Å². The largest absolute Gasteiger partial charge is 0.486 e. The van der Waals surface area contributed by atoms with Crippen LogP contribution in [-0.2, 0) is 13.0 Å². The Morgan fingerprint density at radius 3 is 2.80 bits per heavy atom. The molecule has 0 saturated heterocycles. The van der Waals surface area contributed by atoms with Crippen LogP contribution >= 0.6 is 0 Å². The summed E-state index contributed by atoms with van der Waals surface area (Å²) >= 11 is 0. The van der Waals surface area contributed by atoms with Gasteiger partial charge in [-0.25, -0.2) is 0 Å². The topological polar surface area (TPSA) is 95.4 Å². The van der Waals surface area contributed by atoms with E-state index in [0.717, 1.165) is 23.5 Å². The summed E-state index contributed by atoms with van der Waals surface area (Å²) in [6.45, 7) is 2.13. The van der Waals surface area contributed by atoms with Crippen LogP contribution in [0.1, 0.15) is 11.5 Å². The number of nitrogens with one attached hydrogen (secondary N) is 1. The summed E-state index contributed by atoms with van der Waals surface area (Å²) in [5.74, 6) is 2.03. The molecule has 0 fully saturated rings. The van der Waals surface area contributed by atoms with Crippen molar-refractivity contribution in [3.05, 3.63) is 29.7 Å². The normalized spacial score (nSPS) is 13.2. The molecule has 1 aromatic heterocycles. The lowest BCUT2D eigenvalue weighted by molar-refractivity contribution is 0.171. The first kappa shape index (κ1) is 12.7. The molecule has 0 amide bonds. The Labute approximate surface area is 116 Å². The highest BCUT2D eigenvalue weighted by molar-refractivity contribution is 5.44. The lowest BCUT2D eigenvalue weighted by atomic mass is 10.1. The first-order valence-electron chi connectivity index (χ1n) is 6.50. The van der Waals surface area contributed by atoms with Crippen molar-refractivity contribution < 1.29 is 13.9 Å². The Bertz CT molecular complexity index is 585. The number of hydrogen-bond donors (Lipinski definition) is 2. The van der Waals surface area contributed by atoms with E-state index in [-0.39, 0.29) is 6.54 Å². The van der Waals surface area contributed by atoms with E-state index in [1.165, 1.54) is 0 Å². The third-order valence-electron chi connectivity index (χ3n) is 2.94. The van der Waals surface area contributed by atoms with Gasteiger partial charge in [-0.3, -0.25) is 0 Å². The molecule has 20 heavy (non-hydrogen) atoms. The van der Waals surface area contributed by atoms with Gasteiger partial charge in [-0.2, -0.15) is 0 Å². The third kappa shape index (κ3) is 2.83. The van der Waals surface area contributed by atoms with Crippen molar-refractivity contribution in [2.75, 3.05) is 25.1 Å². The van der Waals surface area contributed by atoms with Crippen LogP contribution in [0.25, 0.3) is 0 Å². The summed E-state index contributed by atoms with van der Waals surface area (Å²) in [7, 11) is 0. The van der Waals surface area contributed by atoms with E-state index in [1.807, 2.05) is 18.2 Å². The maximum atomic E-state index is 5.55. The van der Waals surface area contributed by atoms with Crippen molar-refractivity contribution >= 4 is 6.01 Å². The molecule has 2 aromatic rings. The van der Waals surface area contributed by atoms with Crippen LogP contribution in [0.5, 0.6) is 11.5 Å². The van der Waals surface area contributed by atoms with Gasteiger partial charge in [-0.05, 0) is 24.1 Å². The van der Waals surface area contributed by atoms with Gasteiger partial charge in [-0.15, -0.1) is 5.10 Å². The highest BCUT2D eigenvalue weighted by Gasteiger charge is 2.11. The van der Waals surface area contributed by atoms with Crippen LogP contribution in [0.15, 0.2) is 22.6 Å². The average Bonchev–Trinajstić information content (AvgIpc) is 2.95. The second-order valence-electron chi connectivity index (χ2n) is 4.36. The van der Waals surface area contributed by atoms with E-state index < -0.39 is 0 Å². The van der Waals surface area contributed by atoms with Crippen molar-refractivity contribution in [3.8, 4) is 11.5 Å². The summed E-state index contributed by atoms with van der Waals surface area (Å²) in [6, 6.07) is 6.34. The zero-order valence-corrected chi connectivity index (χ0v) is 11.0. The van der Waals surface area contributed by atoms with E-state index in [0.29, 0.717) is 31.7 Å². The highest BCUT2D eigenvalue weighted by Crippen LogP contribution is 2.30. The maximum absolute atomic E-state index is 5.55. The maximum Gasteiger partial charge on any atom is 0.315 e. The van der Waals surface area contributed by atoms with Gasteiger partial charge in [0.2, 0.25) is 5.89 Å². The molecule has 0 radical (unpaired) electrons. The molecule has 2 heterocycles. The number of rotatable bonds is 5. The number of fused-ring (bicyclic) bond motifs is 1. The Balaban J connectivity index is 1.55. The summed E-state index contributed by atoms with van der Waals surface area (Å²) in [4.78, 5) is 0. The second kappa shape index (κ2) is 5.79. The summed E-state index contributed by atoms with van der Waals surface area (Å²) in [5.41, 5.74) is 6.55. The number of nitrogens with two attached hydrogens (primary N) is 1. The summed E-state index contributed by atoms with van der Waals surface area (Å²) in [6.07, 6.45) is 0.816. The van der Waals surface area contributed by atoms with Gasteiger partial charge in [0, 0.05) is 6.54 Å². The molecule has 3 N–H and O–H groups in total. The van der Waals surface area contributed by atoms with E-state index in [1.54, 1.807) is 0 Å². The molecule has 1 aliphatic heterocycles. The number of benzene rings is 1. The van der Waals surface area contributed by atoms with Gasteiger partial charge in [0.1, 0.15) is 13.2 Å². The zero-order chi connectivity index (χ0) is 13.8. The Morgan fingerprint density at radius 2 is 2.00 bits per heavy atom. The molecule has 1 aromatic carbocycles. The number of hydrogen-bond acceptors (Lipinski definition) is 7. The van der Waals surface area contributed by atoms with Gasteiger partial charge < -0.3 is 24.9 Å². The third-order valence-corrected chi connectivity index (χ3v) is 2.94. The number of nitrogens with zero attached hydrogens (tertiary/aromatic N) is 2. The van der Waals surface area contributed by atoms with Crippen LogP contribution in [0.2, 0.25) is 0 Å². The monoisotopic (exact) mass is 276 g/mol. The number of ether oxygens (including phenoxy) is 2. The van der Waals surface area contributed by atoms with Crippen LogP contribution in [-0.4, -0.2) is 30.0 Å².